The van der Waals surface area contributed by atoms with E-state index >= 15 is 0 Å². The van der Waals surface area contributed by atoms with E-state index in [1.54, 1.807) is 49.4 Å². The molecule has 0 bridgehead atoms. The molecule has 0 saturated carbocycles. The van der Waals surface area contributed by atoms with Crippen LogP contribution < -0.4 is 10.5 Å². The van der Waals surface area contributed by atoms with Gasteiger partial charge in [-0.3, -0.25) is 4.72 Å². The molecule has 3 N–H and O–H groups in total. The zero-order valence-corrected chi connectivity index (χ0v) is 12.5. The Morgan fingerprint density at radius 3 is 2.40 bits per heavy atom. The number of nitrogens with two attached hydrogens (primary N) is 1. The minimum Gasteiger partial charge on any atom is -0.399 e. The lowest BCUT2D eigenvalue weighted by Gasteiger charge is -2.12. The molecule has 0 aliphatic carbocycles. The summed E-state index contributed by atoms with van der Waals surface area (Å²) in [6, 6.07) is 11.9. The van der Waals surface area contributed by atoms with Gasteiger partial charge < -0.3 is 5.73 Å². The van der Waals surface area contributed by atoms with Crippen LogP contribution in [0.15, 0.2) is 42.5 Å². The van der Waals surface area contributed by atoms with E-state index in [2.05, 4.69) is 4.72 Å². The van der Waals surface area contributed by atoms with Gasteiger partial charge in [-0.05, 0) is 36.2 Å². The Morgan fingerprint density at radius 1 is 1.15 bits per heavy atom. The molecule has 0 aromatic heterocycles. The molecular weight excluding hydrogens is 296 g/mol. The summed E-state index contributed by atoms with van der Waals surface area (Å²) in [6.45, 7) is 1.80. The molecule has 2 rings (SSSR count). The van der Waals surface area contributed by atoms with E-state index in [-0.39, 0.29) is 5.75 Å². The highest BCUT2D eigenvalue weighted by molar-refractivity contribution is 7.91. The number of aryl methyl sites for hydroxylation is 1. The second kappa shape index (κ2) is 5.73. The van der Waals surface area contributed by atoms with Crippen molar-refractivity contribution in [2.75, 3.05) is 10.5 Å². The maximum Gasteiger partial charge on any atom is 0.236 e. The van der Waals surface area contributed by atoms with E-state index in [1.807, 2.05) is 0 Å². The molecule has 20 heavy (non-hydrogen) atoms. The number of hydrogen-bond donors (Lipinski definition) is 2. The predicted molar refractivity (Wildman–Crippen MR) is 83.3 cm³/mol. The Hall–Kier alpha value is -1.72. The van der Waals surface area contributed by atoms with Gasteiger partial charge in [-0.25, -0.2) is 8.42 Å². The Bertz CT molecular complexity index is 692. The van der Waals surface area contributed by atoms with E-state index < -0.39 is 10.0 Å². The third-order valence-corrected chi connectivity index (χ3v) is 4.36. The molecule has 106 valence electrons. The first kappa shape index (κ1) is 14.7. The van der Waals surface area contributed by atoms with E-state index in [0.29, 0.717) is 22.0 Å². The normalized spacial score (nSPS) is 11.3. The van der Waals surface area contributed by atoms with E-state index in [0.717, 1.165) is 5.56 Å². The zero-order valence-electron chi connectivity index (χ0n) is 10.9. The van der Waals surface area contributed by atoms with Crippen molar-refractivity contribution in [3.63, 3.8) is 0 Å². The molecule has 0 aliphatic heterocycles. The largest absolute Gasteiger partial charge is 0.399 e. The molecule has 0 spiro atoms. The van der Waals surface area contributed by atoms with Crippen molar-refractivity contribution < 1.29 is 8.42 Å². The highest BCUT2D eigenvalue weighted by Gasteiger charge is 2.15. The fraction of sp³-hybridized carbons (Fsp3) is 0.143. The van der Waals surface area contributed by atoms with Crippen LogP contribution in [0.1, 0.15) is 11.1 Å². The molecule has 0 fully saturated rings. The maximum absolute atomic E-state index is 12.2. The number of sulfonamides is 1. The molecule has 0 heterocycles. The number of rotatable bonds is 4. The smallest absolute Gasteiger partial charge is 0.236 e. The standard InChI is InChI=1S/C14H15ClN2O2S/c1-10-3-2-4-13(15)14(10)17-20(18,19)9-11-5-7-12(16)8-6-11/h2-8,17H,9,16H2,1H3. The van der Waals surface area contributed by atoms with E-state index in [4.69, 9.17) is 17.3 Å². The van der Waals surface area contributed by atoms with E-state index in [1.165, 1.54) is 0 Å². The van der Waals surface area contributed by atoms with Crippen molar-refractivity contribution >= 4 is 33.0 Å². The number of nitrogens with one attached hydrogen (secondary N) is 1. The predicted octanol–water partition coefficient (Wildman–Crippen LogP) is 3.17. The van der Waals surface area contributed by atoms with Gasteiger partial charge in [-0.1, -0.05) is 35.9 Å². The van der Waals surface area contributed by atoms with Crippen LogP contribution in [-0.4, -0.2) is 8.42 Å². The summed E-state index contributed by atoms with van der Waals surface area (Å²) in [7, 11) is -3.52. The maximum atomic E-state index is 12.2. The first-order valence-corrected chi connectivity index (χ1v) is 8.00. The SMILES string of the molecule is Cc1cccc(Cl)c1NS(=O)(=O)Cc1ccc(N)cc1. The fourth-order valence-corrected chi connectivity index (χ4v) is 3.40. The molecule has 6 heteroatoms. The number of halogens is 1. The van der Waals surface area contributed by atoms with Gasteiger partial charge in [-0.15, -0.1) is 0 Å². The van der Waals surface area contributed by atoms with Crippen molar-refractivity contribution in [3.8, 4) is 0 Å². The average Bonchev–Trinajstić information content (AvgIpc) is 2.37. The topological polar surface area (TPSA) is 72.2 Å². The molecule has 0 atom stereocenters. The van der Waals surface area contributed by atoms with Gasteiger partial charge in [0.25, 0.3) is 0 Å². The summed E-state index contributed by atoms with van der Waals surface area (Å²) in [5.41, 5.74) is 8.03. The minimum absolute atomic E-state index is 0.127. The first-order valence-electron chi connectivity index (χ1n) is 5.97. The monoisotopic (exact) mass is 310 g/mol. The Labute approximate surface area is 123 Å². The molecule has 0 amide bonds. The van der Waals surface area contributed by atoms with Crippen molar-refractivity contribution in [1.29, 1.82) is 0 Å². The van der Waals surface area contributed by atoms with Crippen LogP contribution in [0.25, 0.3) is 0 Å². The van der Waals surface area contributed by atoms with Crippen LogP contribution in [0.5, 0.6) is 0 Å². The molecule has 0 aliphatic rings. The summed E-state index contributed by atoms with van der Waals surface area (Å²) >= 11 is 6.02. The van der Waals surface area contributed by atoms with Crippen LogP contribution >= 0.6 is 11.6 Å². The Morgan fingerprint density at radius 2 is 1.80 bits per heavy atom. The van der Waals surface area contributed by atoms with Crippen molar-refractivity contribution in [2.24, 2.45) is 0 Å². The third-order valence-electron chi connectivity index (χ3n) is 2.82. The van der Waals surface area contributed by atoms with Crippen LogP contribution in [0.3, 0.4) is 0 Å². The second-order valence-corrected chi connectivity index (χ2v) is 6.66. The van der Waals surface area contributed by atoms with Gasteiger partial charge in [0.05, 0.1) is 16.5 Å². The number of benzene rings is 2. The highest BCUT2D eigenvalue weighted by atomic mass is 35.5. The molecule has 0 radical (unpaired) electrons. The van der Waals surface area contributed by atoms with Gasteiger partial charge in [0, 0.05) is 5.69 Å². The van der Waals surface area contributed by atoms with Gasteiger partial charge in [0.1, 0.15) is 0 Å². The Kier molecular flexibility index (Phi) is 4.20. The van der Waals surface area contributed by atoms with Gasteiger partial charge in [0.15, 0.2) is 0 Å². The number of hydrogen-bond acceptors (Lipinski definition) is 3. The van der Waals surface area contributed by atoms with Crippen LogP contribution in [0, 0.1) is 6.92 Å². The van der Waals surface area contributed by atoms with Gasteiger partial charge in [-0.2, -0.15) is 0 Å². The van der Waals surface area contributed by atoms with Gasteiger partial charge >= 0.3 is 0 Å². The van der Waals surface area contributed by atoms with Crippen molar-refractivity contribution in [3.05, 3.63) is 58.6 Å². The summed E-state index contributed by atoms with van der Waals surface area (Å²) in [6.07, 6.45) is 0. The lowest BCUT2D eigenvalue weighted by molar-refractivity contribution is 0.600. The van der Waals surface area contributed by atoms with Crippen LogP contribution in [-0.2, 0) is 15.8 Å². The highest BCUT2D eigenvalue weighted by Crippen LogP contribution is 2.26. The lowest BCUT2D eigenvalue weighted by atomic mass is 10.2. The minimum atomic E-state index is -3.52. The number of anilines is 2. The van der Waals surface area contributed by atoms with Crippen LogP contribution in [0.4, 0.5) is 11.4 Å². The number of nitrogen functional groups attached to an aromatic ring is 1. The summed E-state index contributed by atoms with van der Waals surface area (Å²) in [4.78, 5) is 0. The number of para-hydroxylation sites is 1. The van der Waals surface area contributed by atoms with Crippen molar-refractivity contribution in [2.45, 2.75) is 12.7 Å². The van der Waals surface area contributed by atoms with Crippen molar-refractivity contribution in [1.82, 2.24) is 0 Å². The van der Waals surface area contributed by atoms with Crippen LogP contribution in [0.2, 0.25) is 5.02 Å². The molecule has 0 saturated heterocycles. The molecule has 2 aromatic carbocycles. The van der Waals surface area contributed by atoms with Gasteiger partial charge in [0.2, 0.25) is 10.0 Å². The first-order chi connectivity index (χ1) is 9.37. The lowest BCUT2D eigenvalue weighted by Crippen LogP contribution is -2.16. The summed E-state index contributed by atoms with van der Waals surface area (Å²) in [5, 5.41) is 0.380. The average molecular weight is 311 g/mol. The fourth-order valence-electron chi connectivity index (χ4n) is 1.79. The molecule has 0 unspecified atom stereocenters. The second-order valence-electron chi connectivity index (χ2n) is 4.53. The molecular formula is C14H15ClN2O2S. The summed E-state index contributed by atoms with van der Waals surface area (Å²) in [5.74, 6) is -0.127. The molecule has 2 aromatic rings. The van der Waals surface area contributed by atoms with E-state index in [9.17, 15) is 8.42 Å². The zero-order chi connectivity index (χ0) is 14.8. The summed E-state index contributed by atoms with van der Waals surface area (Å²) < 4.78 is 26.8. The molecule has 4 nitrogen and oxygen atoms in total. The third kappa shape index (κ3) is 3.65. The Balaban J connectivity index is 2.21. The quantitative estimate of drug-likeness (QED) is 0.852.